The van der Waals surface area contributed by atoms with Gasteiger partial charge in [-0.15, -0.1) is 0 Å². The fourth-order valence-corrected chi connectivity index (χ4v) is 1.75. The molecule has 0 bridgehead atoms. The second-order valence-corrected chi connectivity index (χ2v) is 4.10. The molecule has 0 saturated heterocycles. The van der Waals surface area contributed by atoms with E-state index in [2.05, 4.69) is 10.4 Å². The topological polar surface area (TPSA) is 29.9 Å². The van der Waals surface area contributed by atoms with Crippen molar-refractivity contribution >= 4 is 0 Å². The van der Waals surface area contributed by atoms with Crippen molar-refractivity contribution in [2.45, 2.75) is 19.5 Å². The standard InChI is InChI=1S/C13H16FN3/c1-10(12-5-3-4-6-13(12)14)15-9-11-7-8-17(2)16-11/h3-8,10,15H,9H2,1-2H3/t10-/m1/s1. The fourth-order valence-electron chi connectivity index (χ4n) is 1.75. The van der Waals surface area contributed by atoms with Gasteiger partial charge in [0.1, 0.15) is 5.82 Å². The first-order chi connectivity index (χ1) is 8.16. The van der Waals surface area contributed by atoms with Gasteiger partial charge in [0.15, 0.2) is 0 Å². The summed E-state index contributed by atoms with van der Waals surface area (Å²) in [7, 11) is 1.88. The second-order valence-electron chi connectivity index (χ2n) is 4.10. The molecule has 1 heterocycles. The zero-order valence-electron chi connectivity index (χ0n) is 10.0. The molecule has 0 aliphatic rings. The Labute approximate surface area is 100 Å². The molecule has 3 nitrogen and oxygen atoms in total. The number of aryl methyl sites for hydroxylation is 1. The Morgan fingerprint density at radius 1 is 1.35 bits per heavy atom. The van der Waals surface area contributed by atoms with E-state index in [9.17, 15) is 4.39 Å². The van der Waals surface area contributed by atoms with Gasteiger partial charge in [-0.3, -0.25) is 4.68 Å². The van der Waals surface area contributed by atoms with Crippen LogP contribution < -0.4 is 5.32 Å². The van der Waals surface area contributed by atoms with E-state index in [0.29, 0.717) is 12.1 Å². The molecule has 1 aromatic heterocycles. The van der Waals surface area contributed by atoms with Crippen LogP contribution in [0.2, 0.25) is 0 Å². The molecule has 2 rings (SSSR count). The Morgan fingerprint density at radius 2 is 2.12 bits per heavy atom. The molecule has 1 N–H and O–H groups in total. The minimum atomic E-state index is -0.173. The van der Waals surface area contributed by atoms with Gasteiger partial charge >= 0.3 is 0 Å². The van der Waals surface area contributed by atoms with E-state index in [4.69, 9.17) is 0 Å². The van der Waals surface area contributed by atoms with Crippen LogP contribution in [0, 0.1) is 5.82 Å². The van der Waals surface area contributed by atoms with Crippen LogP contribution in [0.4, 0.5) is 4.39 Å². The Balaban J connectivity index is 1.98. The van der Waals surface area contributed by atoms with E-state index in [1.165, 1.54) is 6.07 Å². The molecule has 2 aromatic rings. The van der Waals surface area contributed by atoms with Crippen LogP contribution in [0.1, 0.15) is 24.2 Å². The van der Waals surface area contributed by atoms with Crippen molar-refractivity contribution in [3.05, 3.63) is 53.6 Å². The average molecular weight is 233 g/mol. The van der Waals surface area contributed by atoms with E-state index < -0.39 is 0 Å². The highest BCUT2D eigenvalue weighted by Gasteiger charge is 2.09. The summed E-state index contributed by atoms with van der Waals surface area (Å²) in [6, 6.07) is 8.74. The Morgan fingerprint density at radius 3 is 2.76 bits per heavy atom. The SMILES string of the molecule is C[C@@H](NCc1ccn(C)n1)c1ccccc1F. The van der Waals surface area contributed by atoms with Gasteiger partial charge in [0.05, 0.1) is 5.69 Å². The molecule has 90 valence electrons. The molecule has 0 spiro atoms. The summed E-state index contributed by atoms with van der Waals surface area (Å²) in [5.41, 5.74) is 1.64. The summed E-state index contributed by atoms with van der Waals surface area (Å²) in [6.07, 6.45) is 1.89. The number of halogens is 1. The molecule has 0 aliphatic carbocycles. The smallest absolute Gasteiger partial charge is 0.127 e. The summed E-state index contributed by atoms with van der Waals surface area (Å²) in [6.45, 7) is 2.58. The molecular formula is C13H16FN3. The van der Waals surface area contributed by atoms with Gasteiger partial charge in [0, 0.05) is 31.4 Å². The first-order valence-corrected chi connectivity index (χ1v) is 5.63. The molecule has 17 heavy (non-hydrogen) atoms. The van der Waals surface area contributed by atoms with Crippen LogP contribution in [-0.2, 0) is 13.6 Å². The quantitative estimate of drug-likeness (QED) is 0.878. The number of aromatic nitrogens is 2. The first kappa shape index (κ1) is 11.8. The van der Waals surface area contributed by atoms with Crippen LogP contribution in [0.5, 0.6) is 0 Å². The Bertz CT molecular complexity index is 493. The van der Waals surface area contributed by atoms with Gasteiger partial charge in [-0.05, 0) is 19.1 Å². The summed E-state index contributed by atoms with van der Waals surface area (Å²) in [4.78, 5) is 0. The van der Waals surface area contributed by atoms with Gasteiger partial charge in [0.2, 0.25) is 0 Å². The number of nitrogens with zero attached hydrogens (tertiary/aromatic N) is 2. The van der Waals surface area contributed by atoms with Crippen LogP contribution in [0.15, 0.2) is 36.5 Å². The molecule has 0 unspecified atom stereocenters. The van der Waals surface area contributed by atoms with Crippen molar-refractivity contribution < 1.29 is 4.39 Å². The third-order valence-electron chi connectivity index (χ3n) is 2.73. The van der Waals surface area contributed by atoms with Crippen molar-refractivity contribution in [2.24, 2.45) is 7.05 Å². The zero-order valence-corrected chi connectivity index (χ0v) is 10.0. The van der Waals surface area contributed by atoms with Gasteiger partial charge in [-0.1, -0.05) is 18.2 Å². The molecule has 0 saturated carbocycles. The van der Waals surface area contributed by atoms with Crippen molar-refractivity contribution in [2.75, 3.05) is 0 Å². The normalized spacial score (nSPS) is 12.6. The summed E-state index contributed by atoms with van der Waals surface area (Å²) < 4.78 is 15.3. The van der Waals surface area contributed by atoms with Crippen LogP contribution >= 0.6 is 0 Å². The predicted molar refractivity (Wildman–Crippen MR) is 64.9 cm³/mol. The molecule has 1 aromatic carbocycles. The van der Waals surface area contributed by atoms with E-state index in [1.54, 1.807) is 16.8 Å². The van der Waals surface area contributed by atoms with Crippen LogP contribution in [0.25, 0.3) is 0 Å². The van der Waals surface area contributed by atoms with Crippen molar-refractivity contribution in [1.82, 2.24) is 15.1 Å². The lowest BCUT2D eigenvalue weighted by atomic mass is 10.1. The number of hydrogen-bond acceptors (Lipinski definition) is 2. The maximum atomic E-state index is 13.5. The molecular weight excluding hydrogens is 217 g/mol. The zero-order chi connectivity index (χ0) is 12.3. The molecule has 0 amide bonds. The summed E-state index contributed by atoms with van der Waals surface area (Å²) in [5, 5.41) is 7.51. The van der Waals surface area contributed by atoms with Crippen molar-refractivity contribution in [3.8, 4) is 0 Å². The highest BCUT2D eigenvalue weighted by Crippen LogP contribution is 2.16. The number of nitrogens with one attached hydrogen (secondary N) is 1. The highest BCUT2D eigenvalue weighted by molar-refractivity contribution is 5.20. The Kier molecular flexibility index (Phi) is 3.54. The van der Waals surface area contributed by atoms with Crippen LogP contribution in [0.3, 0.4) is 0 Å². The van der Waals surface area contributed by atoms with Gasteiger partial charge in [0.25, 0.3) is 0 Å². The third-order valence-corrected chi connectivity index (χ3v) is 2.73. The predicted octanol–water partition coefficient (Wildman–Crippen LogP) is 2.41. The van der Waals surface area contributed by atoms with Gasteiger partial charge < -0.3 is 5.32 Å². The van der Waals surface area contributed by atoms with Gasteiger partial charge in [-0.2, -0.15) is 5.10 Å². The van der Waals surface area contributed by atoms with E-state index in [0.717, 1.165) is 5.69 Å². The van der Waals surface area contributed by atoms with E-state index >= 15 is 0 Å². The lowest BCUT2D eigenvalue weighted by Gasteiger charge is -2.13. The maximum absolute atomic E-state index is 13.5. The lowest BCUT2D eigenvalue weighted by Crippen LogP contribution is -2.19. The summed E-state index contributed by atoms with van der Waals surface area (Å²) in [5.74, 6) is -0.173. The van der Waals surface area contributed by atoms with Crippen LogP contribution in [-0.4, -0.2) is 9.78 Å². The largest absolute Gasteiger partial charge is 0.304 e. The highest BCUT2D eigenvalue weighted by atomic mass is 19.1. The summed E-state index contributed by atoms with van der Waals surface area (Å²) >= 11 is 0. The number of rotatable bonds is 4. The minimum Gasteiger partial charge on any atom is -0.304 e. The van der Waals surface area contributed by atoms with E-state index in [-0.39, 0.29) is 11.9 Å². The maximum Gasteiger partial charge on any atom is 0.127 e. The number of benzene rings is 1. The molecule has 4 heteroatoms. The third kappa shape index (κ3) is 2.91. The Hall–Kier alpha value is -1.68. The fraction of sp³-hybridized carbons (Fsp3) is 0.308. The van der Waals surface area contributed by atoms with Crippen molar-refractivity contribution in [1.29, 1.82) is 0 Å². The average Bonchev–Trinajstić information content (AvgIpc) is 2.73. The minimum absolute atomic E-state index is 0.0294. The molecule has 0 fully saturated rings. The molecule has 0 aliphatic heterocycles. The second kappa shape index (κ2) is 5.10. The lowest BCUT2D eigenvalue weighted by molar-refractivity contribution is 0.522. The molecule has 1 atom stereocenters. The van der Waals surface area contributed by atoms with Crippen molar-refractivity contribution in [3.63, 3.8) is 0 Å². The first-order valence-electron chi connectivity index (χ1n) is 5.63. The van der Waals surface area contributed by atoms with Gasteiger partial charge in [-0.25, -0.2) is 4.39 Å². The number of hydrogen-bond donors (Lipinski definition) is 1. The van der Waals surface area contributed by atoms with E-state index in [1.807, 2.05) is 32.3 Å². The monoisotopic (exact) mass is 233 g/mol. The molecule has 0 radical (unpaired) electrons.